The number of likely N-dealkylation sites (tertiary alicyclic amines) is 1. The lowest BCUT2D eigenvalue weighted by atomic mass is 9.55. The lowest BCUT2D eigenvalue weighted by molar-refractivity contribution is -0.162. The molecule has 0 aromatic heterocycles. The van der Waals surface area contributed by atoms with E-state index in [1.54, 1.807) is 13.8 Å². The summed E-state index contributed by atoms with van der Waals surface area (Å²) in [6.45, 7) is 2.55. The molecule has 0 unspecified atom stereocenters. The number of carbonyl (C=O) groups is 4. The zero-order chi connectivity index (χ0) is 29.9. The van der Waals surface area contributed by atoms with Gasteiger partial charge in [-0.1, -0.05) is 68.4 Å². The molecule has 7 nitrogen and oxygen atoms in total. The van der Waals surface area contributed by atoms with Crippen LogP contribution in [-0.2, 0) is 30.1 Å². The lowest BCUT2D eigenvalue weighted by Crippen LogP contribution is -2.49. The number of ether oxygens (including phenoxy) is 1. The fraction of sp³-hybridized carbons (Fsp3) is 0.312. The van der Waals surface area contributed by atoms with Gasteiger partial charge in [0.25, 0.3) is 5.91 Å². The summed E-state index contributed by atoms with van der Waals surface area (Å²) in [5, 5.41) is 2.28. The monoisotopic (exact) mass is 576 g/mol. The summed E-state index contributed by atoms with van der Waals surface area (Å²) >= 11 is 0. The average Bonchev–Trinajstić information content (AvgIpc) is 3.21. The molecule has 1 aliphatic heterocycles. The summed E-state index contributed by atoms with van der Waals surface area (Å²) in [5.74, 6) is -5.25. The van der Waals surface area contributed by atoms with Crippen LogP contribution in [0.25, 0.3) is 0 Å². The molecule has 216 valence electrons. The molecule has 1 saturated heterocycles. The number of amides is 3. The van der Waals surface area contributed by atoms with Crippen LogP contribution in [-0.4, -0.2) is 41.2 Å². The molecule has 3 aliphatic carbocycles. The van der Waals surface area contributed by atoms with Crippen molar-refractivity contribution in [3.05, 3.63) is 101 Å². The standard InChI is InChI=1S/C32H27F3N2O5/c1-16(2)28(31(41)42-15-23(38)36-18-9-7-8-17(14-18)32(33,34)35)37-29(39)26-24-19-10-3-4-11-20(19)25(27(26)30(37)40)22-13-6-5-12-21(22)24/h3-14,16,24-28H,15H2,1-2H3,(H,36,38)/t24?,25?,26-,27-,28+/m0/s1. The van der Waals surface area contributed by atoms with E-state index in [0.29, 0.717) is 0 Å². The van der Waals surface area contributed by atoms with Crippen LogP contribution in [0.2, 0.25) is 0 Å². The van der Waals surface area contributed by atoms with Crippen molar-refractivity contribution in [3.8, 4) is 0 Å². The molecule has 1 heterocycles. The van der Waals surface area contributed by atoms with Gasteiger partial charge in [-0.05, 0) is 46.4 Å². The predicted octanol–water partition coefficient (Wildman–Crippen LogP) is 5.10. The van der Waals surface area contributed by atoms with Gasteiger partial charge in [-0.3, -0.25) is 19.3 Å². The minimum absolute atomic E-state index is 0.116. The zero-order valence-corrected chi connectivity index (χ0v) is 22.7. The van der Waals surface area contributed by atoms with Crippen molar-refractivity contribution in [2.24, 2.45) is 17.8 Å². The van der Waals surface area contributed by atoms with E-state index in [1.165, 1.54) is 6.07 Å². The Labute approximate surface area is 239 Å². The smallest absolute Gasteiger partial charge is 0.416 e. The summed E-state index contributed by atoms with van der Waals surface area (Å²) in [7, 11) is 0. The van der Waals surface area contributed by atoms with E-state index in [1.807, 2.05) is 48.5 Å². The summed E-state index contributed by atoms with van der Waals surface area (Å²) in [6.07, 6.45) is -4.59. The summed E-state index contributed by atoms with van der Waals surface area (Å²) in [5.41, 5.74) is 2.94. The van der Waals surface area contributed by atoms with Crippen LogP contribution in [0.5, 0.6) is 0 Å². The maximum Gasteiger partial charge on any atom is 0.416 e. The van der Waals surface area contributed by atoms with E-state index in [0.717, 1.165) is 45.4 Å². The van der Waals surface area contributed by atoms with Crippen LogP contribution < -0.4 is 5.32 Å². The molecule has 3 aromatic carbocycles. The van der Waals surface area contributed by atoms with E-state index in [9.17, 15) is 32.3 Å². The first-order chi connectivity index (χ1) is 20.0. The SMILES string of the molecule is CC(C)[C@H](C(=O)OCC(=O)Nc1cccc(C(F)(F)F)c1)N1C(=O)[C@H]2C3c4ccccc4C(c4ccccc43)[C@@H]2C1=O. The van der Waals surface area contributed by atoms with Gasteiger partial charge in [0.15, 0.2) is 6.61 Å². The van der Waals surface area contributed by atoms with E-state index in [4.69, 9.17) is 4.74 Å². The normalized spacial score (nSPS) is 22.9. The number of rotatable bonds is 6. The molecule has 1 fully saturated rings. The fourth-order valence-electron chi connectivity index (χ4n) is 6.84. The number of halogens is 3. The Kier molecular flexibility index (Phi) is 6.67. The van der Waals surface area contributed by atoms with Crippen molar-refractivity contribution < 1.29 is 37.1 Å². The highest BCUT2D eigenvalue weighted by Crippen LogP contribution is 2.61. The summed E-state index contributed by atoms with van der Waals surface area (Å²) in [6, 6.07) is 18.4. The van der Waals surface area contributed by atoms with Gasteiger partial charge in [0.1, 0.15) is 6.04 Å². The van der Waals surface area contributed by atoms with Gasteiger partial charge < -0.3 is 10.1 Å². The maximum atomic E-state index is 14.0. The predicted molar refractivity (Wildman–Crippen MR) is 145 cm³/mol. The third kappa shape index (κ3) is 4.36. The molecule has 4 aliphatic rings. The van der Waals surface area contributed by atoms with Crippen molar-refractivity contribution in [3.63, 3.8) is 0 Å². The van der Waals surface area contributed by atoms with Crippen LogP contribution in [0.15, 0.2) is 72.8 Å². The Morgan fingerprint density at radius 2 is 1.33 bits per heavy atom. The molecule has 3 aromatic rings. The van der Waals surface area contributed by atoms with Gasteiger partial charge in [0.2, 0.25) is 11.8 Å². The largest absolute Gasteiger partial charge is 0.454 e. The maximum absolute atomic E-state index is 14.0. The highest BCUT2D eigenvalue weighted by molar-refractivity contribution is 6.10. The average molecular weight is 577 g/mol. The molecule has 42 heavy (non-hydrogen) atoms. The second kappa shape index (κ2) is 10.1. The summed E-state index contributed by atoms with van der Waals surface area (Å²) in [4.78, 5) is 54.9. The number of hydrogen-bond donors (Lipinski definition) is 1. The Morgan fingerprint density at radius 1 is 0.833 bits per heavy atom. The minimum Gasteiger partial charge on any atom is -0.454 e. The third-order valence-corrected chi connectivity index (χ3v) is 8.45. The van der Waals surface area contributed by atoms with Crippen molar-refractivity contribution in [1.29, 1.82) is 0 Å². The first-order valence-electron chi connectivity index (χ1n) is 13.7. The van der Waals surface area contributed by atoms with Crippen LogP contribution in [0.3, 0.4) is 0 Å². The van der Waals surface area contributed by atoms with Crippen LogP contribution in [0.1, 0.15) is 53.5 Å². The van der Waals surface area contributed by atoms with Crippen molar-refractivity contribution >= 4 is 29.4 Å². The first kappa shape index (κ1) is 27.7. The molecule has 3 amide bonds. The first-order valence-corrected chi connectivity index (χ1v) is 13.7. The van der Waals surface area contributed by atoms with Crippen LogP contribution in [0.4, 0.5) is 18.9 Å². The third-order valence-electron chi connectivity index (χ3n) is 8.45. The van der Waals surface area contributed by atoms with Crippen LogP contribution in [0, 0.1) is 17.8 Å². The number of hydrogen-bond acceptors (Lipinski definition) is 5. The molecule has 0 saturated carbocycles. The molecule has 0 radical (unpaired) electrons. The van der Waals surface area contributed by atoms with Gasteiger partial charge in [-0.25, -0.2) is 4.79 Å². The number of benzene rings is 3. The van der Waals surface area contributed by atoms with Gasteiger partial charge >= 0.3 is 12.1 Å². The highest BCUT2D eigenvalue weighted by atomic mass is 19.4. The van der Waals surface area contributed by atoms with Crippen molar-refractivity contribution in [2.75, 3.05) is 11.9 Å². The molecule has 3 atom stereocenters. The topological polar surface area (TPSA) is 92.8 Å². The second-order valence-electron chi connectivity index (χ2n) is 11.2. The van der Waals surface area contributed by atoms with Gasteiger partial charge in [-0.2, -0.15) is 13.2 Å². The summed E-state index contributed by atoms with van der Waals surface area (Å²) < 4.78 is 44.3. The van der Waals surface area contributed by atoms with E-state index >= 15 is 0 Å². The number of nitrogens with zero attached hydrogens (tertiary/aromatic N) is 1. The van der Waals surface area contributed by atoms with Crippen molar-refractivity contribution in [2.45, 2.75) is 37.9 Å². The number of carbonyl (C=O) groups excluding carboxylic acids is 4. The minimum atomic E-state index is -4.59. The van der Waals surface area contributed by atoms with Gasteiger partial charge in [0.05, 0.1) is 17.4 Å². The molecule has 2 bridgehead atoms. The van der Waals surface area contributed by atoms with Crippen LogP contribution >= 0.6 is 0 Å². The van der Waals surface area contributed by atoms with E-state index in [-0.39, 0.29) is 17.5 Å². The number of esters is 1. The fourth-order valence-corrected chi connectivity index (χ4v) is 6.84. The molecule has 1 N–H and O–H groups in total. The molecular weight excluding hydrogens is 549 g/mol. The van der Waals surface area contributed by atoms with E-state index < -0.39 is 65.8 Å². The number of imide groups is 1. The van der Waals surface area contributed by atoms with Crippen molar-refractivity contribution in [1.82, 2.24) is 4.90 Å². The molecule has 10 heteroatoms. The van der Waals surface area contributed by atoms with Gasteiger partial charge in [-0.15, -0.1) is 0 Å². The Hall–Kier alpha value is -4.47. The van der Waals surface area contributed by atoms with E-state index in [2.05, 4.69) is 5.32 Å². The zero-order valence-electron chi connectivity index (χ0n) is 22.7. The quantitative estimate of drug-likeness (QED) is 0.326. The van der Waals surface area contributed by atoms with Gasteiger partial charge in [0, 0.05) is 17.5 Å². The highest BCUT2D eigenvalue weighted by Gasteiger charge is 2.63. The lowest BCUT2D eigenvalue weighted by Gasteiger charge is -2.45. The number of nitrogens with one attached hydrogen (secondary N) is 1. The Bertz CT molecular complexity index is 1500. The Balaban J connectivity index is 1.23. The number of anilines is 1. The molecule has 7 rings (SSSR count). The molecule has 0 spiro atoms. The Morgan fingerprint density at radius 3 is 1.79 bits per heavy atom. The molecular formula is C32H27F3N2O5. The number of alkyl halides is 3. The second-order valence-corrected chi connectivity index (χ2v) is 11.2.